The molecule has 0 aromatic carbocycles. The van der Waals surface area contributed by atoms with Crippen LogP contribution in [-0.2, 0) is 0 Å². The van der Waals surface area contributed by atoms with Crippen LogP contribution in [0.3, 0.4) is 0 Å². The van der Waals surface area contributed by atoms with Crippen molar-refractivity contribution in [2.45, 2.75) is 38.5 Å². The van der Waals surface area contributed by atoms with E-state index >= 15 is 0 Å². The zero-order valence-electron chi connectivity index (χ0n) is 5.82. The molecule has 0 aromatic heterocycles. The number of alkyl halides is 4. The van der Waals surface area contributed by atoms with Gasteiger partial charge in [0.25, 0.3) is 0 Å². The van der Waals surface area contributed by atoms with Crippen LogP contribution in [0.5, 0.6) is 0 Å². The predicted octanol–water partition coefficient (Wildman–Crippen LogP) is 2.38. The first-order valence-corrected chi connectivity index (χ1v) is 3.03. The first kappa shape index (κ1) is 9.72. The van der Waals surface area contributed by atoms with E-state index in [4.69, 9.17) is 0 Å². The Labute approximate surface area is 57.2 Å². The average molecular weight is 158 g/mol. The van der Waals surface area contributed by atoms with Crippen molar-refractivity contribution in [1.82, 2.24) is 0 Å². The van der Waals surface area contributed by atoms with Crippen molar-refractivity contribution < 1.29 is 17.6 Å². The summed E-state index contributed by atoms with van der Waals surface area (Å²) in [5, 5.41) is 0. The summed E-state index contributed by atoms with van der Waals surface area (Å²) in [5.41, 5.74) is 0. The Kier molecular flexibility index (Phi) is 3.68. The maximum Gasteiger partial charge on any atom is 0.165 e. The van der Waals surface area contributed by atoms with Gasteiger partial charge in [0, 0.05) is 0 Å². The van der Waals surface area contributed by atoms with E-state index in [0.717, 1.165) is 13.8 Å². The van der Waals surface area contributed by atoms with E-state index < -0.39 is 24.7 Å². The molecule has 0 saturated carbocycles. The second kappa shape index (κ2) is 3.78. The number of rotatable bonds is 3. The molecule has 62 valence electrons. The predicted molar refractivity (Wildman–Crippen MR) is 30.9 cm³/mol. The minimum atomic E-state index is -2.35. The van der Waals surface area contributed by atoms with Crippen LogP contribution < -0.4 is 0 Å². The number of hydrogen-bond acceptors (Lipinski definition) is 0. The minimum absolute atomic E-state index is 0.861. The van der Waals surface area contributed by atoms with Gasteiger partial charge in [-0.25, -0.2) is 17.6 Å². The zero-order valence-corrected chi connectivity index (χ0v) is 5.82. The summed E-state index contributed by atoms with van der Waals surface area (Å²) in [4.78, 5) is 0. The zero-order chi connectivity index (χ0) is 8.31. The first-order valence-electron chi connectivity index (χ1n) is 3.03. The molecule has 0 amide bonds. The molecule has 0 heterocycles. The Bertz CT molecular complexity index is 79.7. The Hall–Kier alpha value is -0.280. The molecule has 0 nitrogen and oxygen atoms in total. The second-order valence-electron chi connectivity index (χ2n) is 2.24. The third-order valence-corrected chi connectivity index (χ3v) is 1.18. The highest BCUT2D eigenvalue weighted by molar-refractivity contribution is 4.77. The van der Waals surface area contributed by atoms with Crippen molar-refractivity contribution in [3.63, 3.8) is 0 Å². The van der Waals surface area contributed by atoms with E-state index in [-0.39, 0.29) is 0 Å². The third kappa shape index (κ3) is 2.54. The Morgan fingerprint density at radius 2 is 0.900 bits per heavy atom. The summed E-state index contributed by atoms with van der Waals surface area (Å²) in [6.07, 6.45) is -8.60. The van der Waals surface area contributed by atoms with Gasteiger partial charge in [-0.15, -0.1) is 0 Å². The van der Waals surface area contributed by atoms with Gasteiger partial charge in [0.15, 0.2) is 12.3 Å². The fraction of sp³-hybridized carbons (Fsp3) is 1.00. The van der Waals surface area contributed by atoms with Crippen molar-refractivity contribution in [1.29, 1.82) is 0 Å². The molecule has 0 aliphatic heterocycles. The van der Waals surface area contributed by atoms with Gasteiger partial charge in [0.1, 0.15) is 12.3 Å². The van der Waals surface area contributed by atoms with Gasteiger partial charge in [-0.2, -0.15) is 0 Å². The lowest BCUT2D eigenvalue weighted by Gasteiger charge is -2.14. The normalized spacial score (nSPS) is 23.4. The monoisotopic (exact) mass is 158 g/mol. The van der Waals surface area contributed by atoms with Gasteiger partial charge in [-0.3, -0.25) is 0 Å². The number of hydrogen-bond donors (Lipinski definition) is 0. The lowest BCUT2D eigenvalue weighted by molar-refractivity contribution is 0.0453. The fourth-order valence-electron chi connectivity index (χ4n) is 0.507. The molecule has 0 spiro atoms. The molecule has 0 unspecified atom stereocenters. The standard InChI is InChI=1S/C6H10F4/c1-3(7)5(9)6(10)4(2)8/h3-6H,1-2H3/t3-,4+,5-,6-/m1/s1. The highest BCUT2D eigenvalue weighted by atomic mass is 19.2. The second-order valence-corrected chi connectivity index (χ2v) is 2.24. The summed E-state index contributed by atoms with van der Waals surface area (Å²) >= 11 is 0. The summed E-state index contributed by atoms with van der Waals surface area (Å²) in [7, 11) is 0. The van der Waals surface area contributed by atoms with Crippen LogP contribution in [0.2, 0.25) is 0 Å². The van der Waals surface area contributed by atoms with Crippen LogP contribution in [0.1, 0.15) is 13.8 Å². The van der Waals surface area contributed by atoms with Crippen molar-refractivity contribution >= 4 is 0 Å². The largest absolute Gasteiger partial charge is 0.244 e. The van der Waals surface area contributed by atoms with Gasteiger partial charge < -0.3 is 0 Å². The van der Waals surface area contributed by atoms with Crippen molar-refractivity contribution in [3.05, 3.63) is 0 Å². The molecule has 4 atom stereocenters. The van der Waals surface area contributed by atoms with Crippen LogP contribution in [-0.4, -0.2) is 24.7 Å². The maximum absolute atomic E-state index is 12.2. The smallest absolute Gasteiger partial charge is 0.165 e. The average Bonchev–Trinajstić information content (AvgIpc) is 1.84. The van der Waals surface area contributed by atoms with Gasteiger partial charge in [0.05, 0.1) is 0 Å². The Balaban J connectivity index is 3.81. The van der Waals surface area contributed by atoms with Gasteiger partial charge in [-0.05, 0) is 13.8 Å². The molecule has 10 heavy (non-hydrogen) atoms. The molecule has 0 N–H and O–H groups in total. The first-order chi connectivity index (χ1) is 4.46. The lowest BCUT2D eigenvalue weighted by Crippen LogP contribution is -2.32. The molecule has 0 radical (unpaired) electrons. The Morgan fingerprint density at radius 3 is 1.00 bits per heavy atom. The molecular weight excluding hydrogens is 148 g/mol. The van der Waals surface area contributed by atoms with Crippen LogP contribution in [0, 0.1) is 0 Å². The highest BCUT2D eigenvalue weighted by Gasteiger charge is 2.31. The molecule has 0 rings (SSSR count). The molecule has 0 saturated heterocycles. The van der Waals surface area contributed by atoms with E-state index in [9.17, 15) is 17.6 Å². The SMILES string of the molecule is C[C@H](F)[C@@H](F)[C@H](F)[C@@H](C)F. The van der Waals surface area contributed by atoms with Crippen molar-refractivity contribution in [3.8, 4) is 0 Å². The molecule has 0 aliphatic carbocycles. The molecule has 0 aromatic rings. The quantitative estimate of drug-likeness (QED) is 0.553. The van der Waals surface area contributed by atoms with Crippen LogP contribution in [0.4, 0.5) is 17.6 Å². The summed E-state index contributed by atoms with van der Waals surface area (Å²) < 4.78 is 48.2. The molecule has 0 fully saturated rings. The Morgan fingerprint density at radius 1 is 0.700 bits per heavy atom. The topological polar surface area (TPSA) is 0 Å². The van der Waals surface area contributed by atoms with E-state index in [1.54, 1.807) is 0 Å². The molecule has 0 bridgehead atoms. The van der Waals surface area contributed by atoms with E-state index in [2.05, 4.69) is 0 Å². The van der Waals surface area contributed by atoms with E-state index in [1.165, 1.54) is 0 Å². The summed E-state index contributed by atoms with van der Waals surface area (Å²) in [6, 6.07) is 0. The summed E-state index contributed by atoms with van der Waals surface area (Å²) in [6.45, 7) is 1.72. The van der Waals surface area contributed by atoms with Crippen molar-refractivity contribution in [2.75, 3.05) is 0 Å². The van der Waals surface area contributed by atoms with Crippen LogP contribution in [0.15, 0.2) is 0 Å². The van der Waals surface area contributed by atoms with E-state index in [1.807, 2.05) is 0 Å². The minimum Gasteiger partial charge on any atom is -0.244 e. The number of halogens is 4. The van der Waals surface area contributed by atoms with Crippen molar-refractivity contribution in [2.24, 2.45) is 0 Å². The van der Waals surface area contributed by atoms with Crippen LogP contribution >= 0.6 is 0 Å². The van der Waals surface area contributed by atoms with Crippen LogP contribution in [0.25, 0.3) is 0 Å². The van der Waals surface area contributed by atoms with Gasteiger partial charge >= 0.3 is 0 Å². The van der Waals surface area contributed by atoms with Gasteiger partial charge in [0.2, 0.25) is 0 Å². The lowest BCUT2D eigenvalue weighted by atomic mass is 10.1. The molecule has 0 aliphatic rings. The molecule has 4 heteroatoms. The third-order valence-electron chi connectivity index (χ3n) is 1.18. The van der Waals surface area contributed by atoms with Gasteiger partial charge in [-0.1, -0.05) is 0 Å². The van der Waals surface area contributed by atoms with E-state index in [0.29, 0.717) is 0 Å². The fourth-order valence-corrected chi connectivity index (χ4v) is 0.507. The summed E-state index contributed by atoms with van der Waals surface area (Å²) in [5.74, 6) is 0. The maximum atomic E-state index is 12.2. The molecular formula is C6H10F4. The highest BCUT2D eigenvalue weighted by Crippen LogP contribution is 2.16.